The molecule has 2 heterocycles. The maximum atomic E-state index is 5.39. The van der Waals surface area contributed by atoms with Gasteiger partial charge in [-0.15, -0.1) is 0 Å². The Bertz CT molecular complexity index is 3440. The molecule has 5 nitrogen and oxygen atoms in total. The van der Waals surface area contributed by atoms with Crippen molar-refractivity contribution in [1.29, 1.82) is 0 Å². The third-order valence-electron chi connectivity index (χ3n) is 12.0. The van der Waals surface area contributed by atoms with Gasteiger partial charge < -0.3 is 0 Å². The molecule has 0 saturated carbocycles. The van der Waals surface area contributed by atoms with Gasteiger partial charge in [-0.2, -0.15) is 0 Å². The summed E-state index contributed by atoms with van der Waals surface area (Å²) < 4.78 is 0. The molecule has 0 spiro atoms. The van der Waals surface area contributed by atoms with Crippen LogP contribution < -0.4 is 0 Å². The van der Waals surface area contributed by atoms with Crippen molar-refractivity contribution in [2.24, 2.45) is 0 Å². The first-order valence-corrected chi connectivity index (χ1v) is 20.8. The smallest absolute Gasteiger partial charge is 0.164 e. The predicted molar refractivity (Wildman–Crippen MR) is 256 cm³/mol. The van der Waals surface area contributed by atoms with Crippen molar-refractivity contribution in [1.82, 2.24) is 24.9 Å². The molecule has 0 saturated heterocycles. The minimum atomic E-state index is 0.590. The van der Waals surface area contributed by atoms with Gasteiger partial charge in [-0.05, 0) is 112 Å². The van der Waals surface area contributed by atoms with Crippen molar-refractivity contribution in [2.45, 2.75) is 0 Å². The summed E-state index contributed by atoms with van der Waals surface area (Å²) in [6.07, 6.45) is 5.19. The number of benzene rings is 10. The van der Waals surface area contributed by atoms with Crippen LogP contribution >= 0.6 is 0 Å². The number of fused-ring (bicyclic) bond motifs is 5. The third kappa shape index (κ3) is 6.14. The molecule has 0 amide bonds. The summed E-state index contributed by atoms with van der Waals surface area (Å²) in [4.78, 5) is 24.5. The van der Waals surface area contributed by atoms with Crippen LogP contribution in [0.3, 0.4) is 0 Å². The first-order chi connectivity index (χ1) is 30.7. The molecule has 0 atom stereocenters. The van der Waals surface area contributed by atoms with Crippen LogP contribution in [0.2, 0.25) is 0 Å². The molecular formula is C57H35N5. The van der Waals surface area contributed by atoms with Gasteiger partial charge >= 0.3 is 0 Å². The first-order valence-electron chi connectivity index (χ1n) is 20.8. The molecule has 5 heteroatoms. The van der Waals surface area contributed by atoms with Gasteiger partial charge in [-0.1, -0.05) is 164 Å². The van der Waals surface area contributed by atoms with E-state index in [2.05, 4.69) is 204 Å². The molecular weight excluding hydrogens is 755 g/mol. The third-order valence-corrected chi connectivity index (χ3v) is 12.0. The van der Waals surface area contributed by atoms with Crippen LogP contribution in [-0.4, -0.2) is 24.9 Å². The van der Waals surface area contributed by atoms with Gasteiger partial charge in [-0.3, -0.25) is 0 Å². The fraction of sp³-hybridized carbons (Fsp3) is 0. The van der Waals surface area contributed by atoms with Crippen molar-refractivity contribution in [3.8, 4) is 67.5 Å². The number of aromatic nitrogens is 5. The van der Waals surface area contributed by atoms with Gasteiger partial charge in [0.05, 0.1) is 0 Å². The first kappa shape index (κ1) is 35.5. The maximum Gasteiger partial charge on any atom is 0.164 e. The lowest BCUT2D eigenvalue weighted by molar-refractivity contribution is 1.08. The summed E-state index contributed by atoms with van der Waals surface area (Å²) in [6.45, 7) is 0. The van der Waals surface area contributed by atoms with E-state index < -0.39 is 0 Å². The minimum Gasteiger partial charge on any atom is -0.244 e. The Balaban J connectivity index is 1.17. The van der Waals surface area contributed by atoms with E-state index in [0.717, 1.165) is 49.7 Å². The van der Waals surface area contributed by atoms with E-state index in [1.165, 1.54) is 54.2 Å². The van der Waals surface area contributed by atoms with Crippen molar-refractivity contribution in [3.05, 3.63) is 213 Å². The van der Waals surface area contributed by atoms with Crippen molar-refractivity contribution < 1.29 is 0 Å². The van der Waals surface area contributed by atoms with E-state index in [9.17, 15) is 0 Å². The van der Waals surface area contributed by atoms with E-state index in [1.807, 2.05) is 12.4 Å². The molecule has 10 aromatic carbocycles. The highest BCUT2D eigenvalue weighted by atomic mass is 15.0. The second kappa shape index (κ2) is 14.7. The van der Waals surface area contributed by atoms with Gasteiger partial charge in [0.15, 0.2) is 17.5 Å². The van der Waals surface area contributed by atoms with Crippen LogP contribution in [0.5, 0.6) is 0 Å². The SMILES string of the molecule is c1ccc2c(-c3nc(-c4ccc(-c5cncnc5)cc4)nc(-c4cc(-c5c6ccccc6cc6ccccc56)cc(-c5c6ccccc6cc6ccccc56)c4)n3)cccc2c1. The average Bonchev–Trinajstić information content (AvgIpc) is 3.34. The molecule has 0 aliphatic heterocycles. The predicted octanol–water partition coefficient (Wildman–Crippen LogP) is 14.4. The van der Waals surface area contributed by atoms with Crippen molar-refractivity contribution in [2.75, 3.05) is 0 Å². The van der Waals surface area contributed by atoms with Crippen LogP contribution in [0.1, 0.15) is 0 Å². The van der Waals surface area contributed by atoms with Gasteiger partial charge in [0.1, 0.15) is 6.33 Å². The summed E-state index contributed by atoms with van der Waals surface area (Å²) in [5.41, 5.74) is 9.21. The standard InChI is InChI=1S/C57H35N5/c1-6-18-47-37(12-1)17-11-23-52(47)57-61-55(38-26-24-36(25-27-38)46-33-58-35-59-34-46)60-56(62-57)45-31-43(53-48-19-7-2-13-39(48)28-40-14-3-8-20-49(40)53)30-44(32-45)54-50-21-9-4-15-41(50)29-42-16-5-10-22-51(42)54/h1-35H. The summed E-state index contributed by atoms with van der Waals surface area (Å²) in [5, 5.41) is 11.7. The Hall–Kier alpha value is -8.41. The van der Waals surface area contributed by atoms with Crippen LogP contribution in [-0.2, 0) is 0 Å². The highest BCUT2D eigenvalue weighted by Gasteiger charge is 2.20. The quantitative estimate of drug-likeness (QED) is 0.157. The molecule has 288 valence electrons. The van der Waals surface area contributed by atoms with Crippen molar-refractivity contribution in [3.63, 3.8) is 0 Å². The summed E-state index contributed by atoms with van der Waals surface area (Å²) in [7, 11) is 0. The lowest BCUT2D eigenvalue weighted by Gasteiger charge is -2.18. The molecule has 0 unspecified atom stereocenters. The Labute approximate surface area is 357 Å². The lowest BCUT2D eigenvalue weighted by Crippen LogP contribution is -2.01. The maximum absolute atomic E-state index is 5.39. The van der Waals surface area contributed by atoms with E-state index in [4.69, 9.17) is 15.0 Å². The highest BCUT2D eigenvalue weighted by molar-refractivity contribution is 6.16. The molecule has 2 aromatic heterocycles. The summed E-state index contributed by atoms with van der Waals surface area (Å²) in [6, 6.07) is 69.3. The number of hydrogen-bond donors (Lipinski definition) is 0. The fourth-order valence-corrected chi connectivity index (χ4v) is 9.13. The molecule has 0 N–H and O–H groups in total. The fourth-order valence-electron chi connectivity index (χ4n) is 9.13. The number of hydrogen-bond acceptors (Lipinski definition) is 5. The Morgan fingerprint density at radius 3 is 1.19 bits per heavy atom. The van der Waals surface area contributed by atoms with Crippen LogP contribution in [0.4, 0.5) is 0 Å². The van der Waals surface area contributed by atoms with Crippen molar-refractivity contribution >= 4 is 53.9 Å². The molecule has 0 aliphatic carbocycles. The normalized spacial score (nSPS) is 11.5. The molecule has 0 aliphatic rings. The molecule has 0 fully saturated rings. The molecule has 0 bridgehead atoms. The van der Waals surface area contributed by atoms with E-state index in [1.54, 1.807) is 6.33 Å². The van der Waals surface area contributed by atoms with Gasteiger partial charge in [0, 0.05) is 34.6 Å². The Kier molecular flexibility index (Phi) is 8.42. The summed E-state index contributed by atoms with van der Waals surface area (Å²) >= 11 is 0. The molecule has 12 aromatic rings. The number of rotatable bonds is 6. The largest absolute Gasteiger partial charge is 0.244 e. The Morgan fingerprint density at radius 2 is 0.661 bits per heavy atom. The molecule has 12 rings (SSSR count). The zero-order valence-corrected chi connectivity index (χ0v) is 33.4. The average molecular weight is 790 g/mol. The van der Waals surface area contributed by atoms with Crippen LogP contribution in [0.25, 0.3) is 121 Å². The second-order valence-corrected chi connectivity index (χ2v) is 15.7. The van der Waals surface area contributed by atoms with Gasteiger partial charge in [0.2, 0.25) is 0 Å². The van der Waals surface area contributed by atoms with E-state index in [0.29, 0.717) is 17.5 Å². The van der Waals surface area contributed by atoms with Gasteiger partial charge in [0.25, 0.3) is 0 Å². The molecule has 62 heavy (non-hydrogen) atoms. The summed E-state index contributed by atoms with van der Waals surface area (Å²) in [5.74, 6) is 1.79. The monoisotopic (exact) mass is 789 g/mol. The lowest BCUT2D eigenvalue weighted by atomic mass is 9.87. The zero-order chi connectivity index (χ0) is 41.0. The van der Waals surface area contributed by atoms with Crippen LogP contribution in [0, 0.1) is 0 Å². The number of nitrogens with zero attached hydrogens (tertiary/aromatic N) is 5. The molecule has 0 radical (unpaired) electrons. The van der Waals surface area contributed by atoms with E-state index >= 15 is 0 Å². The topological polar surface area (TPSA) is 64.5 Å². The van der Waals surface area contributed by atoms with E-state index in [-0.39, 0.29) is 0 Å². The minimum absolute atomic E-state index is 0.590. The Morgan fingerprint density at radius 1 is 0.258 bits per heavy atom. The van der Waals surface area contributed by atoms with Crippen LogP contribution in [0.15, 0.2) is 213 Å². The highest BCUT2D eigenvalue weighted by Crippen LogP contribution is 2.43. The zero-order valence-electron chi connectivity index (χ0n) is 33.4. The van der Waals surface area contributed by atoms with Gasteiger partial charge in [-0.25, -0.2) is 24.9 Å². The second-order valence-electron chi connectivity index (χ2n) is 15.7.